The van der Waals surface area contributed by atoms with Crippen LogP contribution in [0.2, 0.25) is 5.02 Å². The fourth-order valence-corrected chi connectivity index (χ4v) is 7.29. The summed E-state index contributed by atoms with van der Waals surface area (Å²) in [5.74, 6) is -0.771. The summed E-state index contributed by atoms with van der Waals surface area (Å²) in [6, 6.07) is 3.24. The Morgan fingerprint density at radius 2 is 1.70 bits per heavy atom. The molecule has 0 N–H and O–H groups in total. The molecule has 0 aliphatic carbocycles. The fraction of sp³-hybridized carbons (Fsp3) is 0.375. The molecule has 5 rings (SSSR count). The molecule has 1 saturated heterocycles. The lowest BCUT2D eigenvalue weighted by atomic mass is 9.98. The van der Waals surface area contributed by atoms with Crippen molar-refractivity contribution in [3.8, 4) is 0 Å². The van der Waals surface area contributed by atoms with Gasteiger partial charge in [-0.3, -0.25) is 3.97 Å². The summed E-state index contributed by atoms with van der Waals surface area (Å²) < 4.78 is 82.0. The van der Waals surface area contributed by atoms with Gasteiger partial charge in [0.05, 0.1) is 39.1 Å². The molecule has 214 valence electrons. The number of aromatic nitrogens is 5. The molecule has 4 aromatic rings. The highest BCUT2D eigenvalue weighted by Crippen LogP contribution is 2.39. The minimum atomic E-state index is -4.47. The summed E-state index contributed by atoms with van der Waals surface area (Å²) in [5, 5.41) is 3.82. The Hall–Kier alpha value is -3.30. The number of halogens is 3. The molecule has 0 radical (unpaired) electrons. The quantitative estimate of drug-likeness (QED) is 0.321. The summed E-state index contributed by atoms with van der Waals surface area (Å²) >= 11 is 6.46. The maximum absolute atomic E-state index is 14.5. The zero-order valence-corrected chi connectivity index (χ0v) is 24.3. The maximum Gasteiger partial charge on any atom is 0.285 e. The van der Waals surface area contributed by atoms with Crippen molar-refractivity contribution >= 4 is 54.3 Å². The summed E-state index contributed by atoms with van der Waals surface area (Å²) in [7, 11) is -8.29. The van der Waals surface area contributed by atoms with Crippen molar-refractivity contribution in [3.63, 3.8) is 0 Å². The molecule has 11 nitrogen and oxygen atoms in total. The van der Waals surface area contributed by atoms with Crippen molar-refractivity contribution in [2.45, 2.75) is 43.4 Å². The zero-order chi connectivity index (χ0) is 29.2. The highest BCUT2D eigenvalue weighted by atomic mass is 35.5. The average Bonchev–Trinajstić information content (AvgIpc) is 3.51. The van der Waals surface area contributed by atoms with E-state index in [9.17, 15) is 25.6 Å². The van der Waals surface area contributed by atoms with E-state index in [1.807, 2.05) is 23.6 Å². The van der Waals surface area contributed by atoms with Gasteiger partial charge in [0.25, 0.3) is 10.0 Å². The van der Waals surface area contributed by atoms with E-state index in [2.05, 4.69) is 15.1 Å². The van der Waals surface area contributed by atoms with Gasteiger partial charge in [0.15, 0.2) is 11.6 Å². The van der Waals surface area contributed by atoms with Crippen LogP contribution in [0.4, 0.5) is 20.5 Å². The van der Waals surface area contributed by atoms with Gasteiger partial charge in [0.1, 0.15) is 10.7 Å². The average molecular weight is 614 g/mol. The van der Waals surface area contributed by atoms with Crippen molar-refractivity contribution in [1.82, 2.24) is 23.1 Å². The molecule has 0 unspecified atom stereocenters. The summed E-state index contributed by atoms with van der Waals surface area (Å²) in [4.78, 5) is 11.5. The molecular weight excluding hydrogens is 588 g/mol. The zero-order valence-electron chi connectivity index (χ0n) is 22.0. The highest BCUT2D eigenvalue weighted by molar-refractivity contribution is 7.91. The van der Waals surface area contributed by atoms with Crippen molar-refractivity contribution in [3.05, 3.63) is 59.6 Å². The normalized spacial score (nSPS) is 16.3. The molecular formula is C24H26ClF2N7O4S2. The van der Waals surface area contributed by atoms with Gasteiger partial charge in [0, 0.05) is 38.1 Å². The van der Waals surface area contributed by atoms with Crippen LogP contribution in [0.3, 0.4) is 0 Å². The van der Waals surface area contributed by atoms with Gasteiger partial charge < -0.3 is 9.80 Å². The Morgan fingerprint density at radius 1 is 1.02 bits per heavy atom. The lowest BCUT2D eigenvalue weighted by molar-refractivity contribution is 0.408. The predicted molar refractivity (Wildman–Crippen MR) is 147 cm³/mol. The van der Waals surface area contributed by atoms with Crippen molar-refractivity contribution in [1.29, 1.82) is 0 Å². The van der Waals surface area contributed by atoms with Gasteiger partial charge in [0.2, 0.25) is 16.0 Å². The molecule has 40 heavy (non-hydrogen) atoms. The Bertz CT molecular complexity index is 1820. The topological polar surface area (TPSA) is 123 Å². The van der Waals surface area contributed by atoms with Crippen LogP contribution in [0.5, 0.6) is 0 Å². The van der Waals surface area contributed by atoms with Crippen LogP contribution < -0.4 is 9.80 Å². The monoisotopic (exact) mass is 613 g/mol. The second kappa shape index (κ2) is 9.66. The van der Waals surface area contributed by atoms with Crippen molar-refractivity contribution in [2.75, 3.05) is 29.4 Å². The van der Waals surface area contributed by atoms with Gasteiger partial charge in [-0.15, -0.1) is 5.10 Å². The van der Waals surface area contributed by atoms with Crippen LogP contribution in [0.15, 0.2) is 47.9 Å². The van der Waals surface area contributed by atoms with Crippen LogP contribution in [-0.2, 0) is 20.0 Å². The van der Waals surface area contributed by atoms with Gasteiger partial charge in [-0.25, -0.2) is 27.2 Å². The number of piperazine rings is 1. The first-order chi connectivity index (χ1) is 18.6. The van der Waals surface area contributed by atoms with Gasteiger partial charge >= 0.3 is 0 Å². The molecule has 0 atom stereocenters. The molecule has 0 amide bonds. The van der Waals surface area contributed by atoms with E-state index in [-0.39, 0.29) is 26.6 Å². The fourth-order valence-electron chi connectivity index (χ4n) is 4.69. The minimum absolute atomic E-state index is 0.0356. The van der Waals surface area contributed by atoms with E-state index in [0.717, 1.165) is 47.0 Å². The Kier molecular flexibility index (Phi) is 6.82. The van der Waals surface area contributed by atoms with Gasteiger partial charge in [-0.1, -0.05) is 11.6 Å². The molecule has 1 aliphatic rings. The minimum Gasteiger partial charge on any atom is -0.346 e. The Labute approximate surface area is 235 Å². The van der Waals surface area contributed by atoms with E-state index in [1.165, 1.54) is 13.8 Å². The number of fused-ring (bicyclic) bond motifs is 1. The number of benzene rings is 1. The van der Waals surface area contributed by atoms with E-state index in [0.29, 0.717) is 29.7 Å². The third kappa shape index (κ3) is 4.69. The Morgan fingerprint density at radius 3 is 2.33 bits per heavy atom. The summed E-state index contributed by atoms with van der Waals surface area (Å²) in [6.07, 6.45) is 4.29. The first kappa shape index (κ1) is 28.2. The van der Waals surface area contributed by atoms with Crippen LogP contribution in [0.1, 0.15) is 27.7 Å². The number of hydrogen-bond donors (Lipinski definition) is 0. The molecule has 0 saturated carbocycles. The first-order valence-corrected chi connectivity index (χ1v) is 15.5. The first-order valence-electron chi connectivity index (χ1n) is 12.2. The van der Waals surface area contributed by atoms with E-state index in [1.54, 1.807) is 0 Å². The standard InChI is InChI=1S/C24H26ClF2N7O4S2/c1-15(2)39(35,36)32-6-5-18(13-32)40(37,38)34-20-10-16(26)9-19(25)21(20)22(30-34)33-8-7-31(14-24(33,3)4)23-28-11-17(27)12-29-23/h5-6,9-13,15H,7-8,14H2,1-4H3. The lowest BCUT2D eigenvalue weighted by Gasteiger charge is -2.47. The largest absolute Gasteiger partial charge is 0.346 e. The second-order valence-corrected chi connectivity index (χ2v) is 14.9. The highest BCUT2D eigenvalue weighted by Gasteiger charge is 2.39. The van der Waals surface area contributed by atoms with E-state index in [4.69, 9.17) is 11.6 Å². The van der Waals surface area contributed by atoms with Crippen LogP contribution >= 0.6 is 11.6 Å². The van der Waals surface area contributed by atoms with Gasteiger partial charge in [-0.05, 0) is 39.8 Å². The van der Waals surface area contributed by atoms with Crippen molar-refractivity contribution < 1.29 is 25.6 Å². The molecule has 1 fully saturated rings. The van der Waals surface area contributed by atoms with Gasteiger partial charge in [-0.2, -0.15) is 12.5 Å². The smallest absolute Gasteiger partial charge is 0.285 e. The third-order valence-corrected chi connectivity index (χ3v) is 10.6. The molecule has 1 aliphatic heterocycles. The molecule has 3 aromatic heterocycles. The van der Waals surface area contributed by atoms with E-state index < -0.39 is 42.5 Å². The molecule has 16 heteroatoms. The number of nitrogens with zero attached hydrogens (tertiary/aromatic N) is 7. The molecule has 0 spiro atoms. The van der Waals surface area contributed by atoms with Crippen molar-refractivity contribution in [2.24, 2.45) is 0 Å². The summed E-state index contributed by atoms with van der Waals surface area (Å²) in [5.41, 5.74) is -0.780. The third-order valence-electron chi connectivity index (χ3n) is 6.75. The maximum atomic E-state index is 14.5. The van der Waals surface area contributed by atoms with E-state index >= 15 is 0 Å². The Balaban J connectivity index is 1.60. The SMILES string of the molecule is CC(C)S(=O)(=O)n1ccc(S(=O)(=O)n2nc(N3CCN(c4ncc(F)cn4)CC3(C)C)c3c(Cl)cc(F)cc32)c1. The van der Waals surface area contributed by atoms with Crippen LogP contribution in [-0.4, -0.2) is 70.4 Å². The lowest BCUT2D eigenvalue weighted by Crippen LogP contribution is -2.60. The molecule has 0 bridgehead atoms. The number of rotatable bonds is 6. The molecule has 1 aromatic carbocycles. The predicted octanol–water partition coefficient (Wildman–Crippen LogP) is 3.49. The second-order valence-electron chi connectivity index (χ2n) is 10.3. The van der Waals surface area contributed by atoms with Crippen LogP contribution in [0.25, 0.3) is 10.9 Å². The molecule has 4 heterocycles. The number of hydrogen-bond acceptors (Lipinski definition) is 9. The van der Waals surface area contributed by atoms with Crippen LogP contribution in [0, 0.1) is 11.6 Å². The summed E-state index contributed by atoms with van der Waals surface area (Å²) in [6.45, 7) is 7.85. The number of anilines is 2.